The van der Waals surface area contributed by atoms with Gasteiger partial charge in [0.25, 0.3) is 12.3 Å². The first kappa shape index (κ1) is 18.3. The molecule has 0 bridgehead atoms. The van der Waals surface area contributed by atoms with Gasteiger partial charge in [-0.25, -0.2) is 13.8 Å². The molecule has 3 aromatic rings. The summed E-state index contributed by atoms with van der Waals surface area (Å²) in [6, 6.07) is 5.17. The molecule has 1 aliphatic heterocycles. The van der Waals surface area contributed by atoms with Crippen LogP contribution in [0.3, 0.4) is 0 Å². The van der Waals surface area contributed by atoms with Gasteiger partial charge in [-0.2, -0.15) is 0 Å². The van der Waals surface area contributed by atoms with Gasteiger partial charge in [0, 0.05) is 43.3 Å². The number of halogens is 2. The van der Waals surface area contributed by atoms with Crippen LogP contribution in [0.5, 0.6) is 0 Å². The van der Waals surface area contributed by atoms with Gasteiger partial charge < -0.3 is 19.4 Å². The minimum absolute atomic E-state index is 0.0456. The molecule has 0 saturated carbocycles. The quantitative estimate of drug-likeness (QED) is 0.719. The summed E-state index contributed by atoms with van der Waals surface area (Å²) in [4.78, 5) is 31.6. The number of fused-ring (bicyclic) bond motifs is 1. The van der Waals surface area contributed by atoms with Gasteiger partial charge in [-0.15, -0.1) is 0 Å². The number of aromatic amines is 1. The number of amides is 1. The fourth-order valence-electron chi connectivity index (χ4n) is 3.28. The van der Waals surface area contributed by atoms with Gasteiger partial charge in [0.2, 0.25) is 5.43 Å². The number of imidazole rings is 1. The van der Waals surface area contributed by atoms with Gasteiger partial charge >= 0.3 is 0 Å². The zero-order chi connectivity index (χ0) is 19.7. The second-order valence-electron chi connectivity index (χ2n) is 6.64. The molecule has 1 saturated heterocycles. The molecular formula is C19H18F2N4O3. The Bertz CT molecular complexity index is 1070. The Balaban J connectivity index is 1.60. The Hall–Kier alpha value is -3.07. The molecule has 0 unspecified atom stereocenters. The number of pyridine rings is 2. The minimum atomic E-state index is -2.78. The van der Waals surface area contributed by atoms with Crippen molar-refractivity contribution in [3.05, 3.63) is 64.0 Å². The Morgan fingerprint density at radius 3 is 2.82 bits per heavy atom. The number of nitrogens with zero attached hydrogens (tertiary/aromatic N) is 2. The minimum Gasteiger partial charge on any atom is -0.381 e. The van der Waals surface area contributed by atoms with Crippen molar-refractivity contribution in [1.82, 2.24) is 14.4 Å². The predicted octanol–water partition coefficient (Wildman–Crippen LogP) is 3.11. The monoisotopic (exact) mass is 388 g/mol. The third-order valence-electron chi connectivity index (χ3n) is 4.77. The van der Waals surface area contributed by atoms with E-state index < -0.39 is 23.5 Å². The van der Waals surface area contributed by atoms with Crippen LogP contribution in [0.4, 0.5) is 14.5 Å². The molecule has 0 aromatic carbocycles. The van der Waals surface area contributed by atoms with E-state index in [1.807, 2.05) is 6.20 Å². The number of H-pyrrole nitrogens is 1. The van der Waals surface area contributed by atoms with E-state index in [4.69, 9.17) is 4.74 Å². The first-order valence-corrected chi connectivity index (χ1v) is 8.90. The molecule has 1 aliphatic rings. The highest BCUT2D eigenvalue weighted by Crippen LogP contribution is 2.26. The molecule has 7 nitrogen and oxygen atoms in total. The average Bonchev–Trinajstić information content (AvgIpc) is 3.11. The first-order chi connectivity index (χ1) is 13.5. The number of hydrogen-bond acceptors (Lipinski definition) is 4. The average molecular weight is 388 g/mol. The van der Waals surface area contributed by atoms with Crippen LogP contribution in [-0.4, -0.2) is 33.5 Å². The molecule has 4 heterocycles. The number of hydrogen-bond donors (Lipinski definition) is 2. The van der Waals surface area contributed by atoms with Crippen molar-refractivity contribution >= 4 is 17.2 Å². The molecule has 28 heavy (non-hydrogen) atoms. The van der Waals surface area contributed by atoms with Crippen LogP contribution in [-0.2, 0) is 4.74 Å². The standard InChI is InChI=1S/C19H18F2N4O3/c20-18(21)12-2-1-3-13(22-12)19(27)24-15-10-25-9-14(11-4-6-28-7-5-11)23-17(25)8-16(15)26/h1-3,8-11,18,23H,4-7H2,(H,24,27). The second-order valence-corrected chi connectivity index (χ2v) is 6.64. The maximum atomic E-state index is 12.8. The molecule has 146 valence electrons. The van der Waals surface area contributed by atoms with E-state index in [0.717, 1.165) is 24.6 Å². The highest BCUT2D eigenvalue weighted by molar-refractivity contribution is 6.02. The predicted molar refractivity (Wildman–Crippen MR) is 98.0 cm³/mol. The summed E-state index contributed by atoms with van der Waals surface area (Å²) in [6.07, 6.45) is 2.40. The molecule has 1 amide bonds. The third kappa shape index (κ3) is 3.65. The topological polar surface area (TPSA) is 88.5 Å². The maximum absolute atomic E-state index is 12.8. The van der Waals surface area contributed by atoms with Crippen LogP contribution in [0.15, 0.2) is 41.5 Å². The van der Waals surface area contributed by atoms with E-state index in [-0.39, 0.29) is 11.4 Å². The van der Waals surface area contributed by atoms with E-state index in [1.54, 1.807) is 4.40 Å². The van der Waals surface area contributed by atoms with Crippen LogP contribution >= 0.6 is 0 Å². The van der Waals surface area contributed by atoms with Crippen molar-refractivity contribution < 1.29 is 18.3 Å². The number of rotatable bonds is 4. The lowest BCUT2D eigenvalue weighted by molar-refractivity contribution is 0.0846. The lowest BCUT2D eigenvalue weighted by Gasteiger charge is -2.20. The van der Waals surface area contributed by atoms with E-state index in [1.165, 1.54) is 24.4 Å². The summed E-state index contributed by atoms with van der Waals surface area (Å²) in [5.41, 5.74) is 0.591. The van der Waals surface area contributed by atoms with E-state index in [0.29, 0.717) is 24.8 Å². The van der Waals surface area contributed by atoms with Gasteiger partial charge in [0.1, 0.15) is 22.7 Å². The van der Waals surface area contributed by atoms with Crippen LogP contribution in [0, 0.1) is 0 Å². The zero-order valence-electron chi connectivity index (χ0n) is 14.8. The molecule has 0 atom stereocenters. The smallest absolute Gasteiger partial charge is 0.280 e. The van der Waals surface area contributed by atoms with Gasteiger partial charge in [-0.1, -0.05) is 6.07 Å². The summed E-state index contributed by atoms with van der Waals surface area (Å²) in [5.74, 6) is -0.400. The van der Waals surface area contributed by atoms with Crippen molar-refractivity contribution in [1.29, 1.82) is 0 Å². The van der Waals surface area contributed by atoms with Gasteiger partial charge in [-0.05, 0) is 25.0 Å². The van der Waals surface area contributed by atoms with Crippen LogP contribution in [0.1, 0.15) is 47.1 Å². The first-order valence-electron chi connectivity index (χ1n) is 8.90. The number of ether oxygens (including phenoxy) is 1. The fourth-order valence-corrected chi connectivity index (χ4v) is 3.28. The Labute approximate surface area is 158 Å². The van der Waals surface area contributed by atoms with Crippen molar-refractivity contribution in [3.63, 3.8) is 0 Å². The van der Waals surface area contributed by atoms with Crippen molar-refractivity contribution in [2.75, 3.05) is 18.5 Å². The third-order valence-corrected chi connectivity index (χ3v) is 4.77. The Morgan fingerprint density at radius 1 is 1.29 bits per heavy atom. The highest BCUT2D eigenvalue weighted by Gasteiger charge is 2.19. The fraction of sp³-hybridized carbons (Fsp3) is 0.316. The maximum Gasteiger partial charge on any atom is 0.280 e. The van der Waals surface area contributed by atoms with Crippen molar-refractivity contribution in [3.8, 4) is 0 Å². The van der Waals surface area contributed by atoms with E-state index in [2.05, 4.69) is 15.3 Å². The molecule has 2 N–H and O–H groups in total. The van der Waals surface area contributed by atoms with Crippen LogP contribution in [0.2, 0.25) is 0 Å². The highest BCUT2D eigenvalue weighted by atomic mass is 19.3. The zero-order valence-corrected chi connectivity index (χ0v) is 14.8. The lowest BCUT2D eigenvalue weighted by Crippen LogP contribution is -2.20. The van der Waals surface area contributed by atoms with Gasteiger partial charge in [0.05, 0.1) is 0 Å². The molecular weight excluding hydrogens is 370 g/mol. The lowest BCUT2D eigenvalue weighted by atomic mass is 9.97. The number of carbonyl (C=O) groups is 1. The van der Waals surface area contributed by atoms with Crippen LogP contribution in [0.25, 0.3) is 5.65 Å². The molecule has 0 radical (unpaired) electrons. The summed E-state index contributed by atoms with van der Waals surface area (Å²) >= 11 is 0. The van der Waals surface area contributed by atoms with Gasteiger partial charge in [-0.3, -0.25) is 9.59 Å². The number of carbonyl (C=O) groups excluding carboxylic acids is 1. The normalized spacial score (nSPS) is 15.2. The Morgan fingerprint density at radius 2 is 2.07 bits per heavy atom. The number of aromatic nitrogens is 3. The molecule has 4 rings (SSSR count). The Kier molecular flexibility index (Phi) is 4.91. The second kappa shape index (κ2) is 7.51. The summed E-state index contributed by atoms with van der Waals surface area (Å²) in [6.45, 7) is 1.40. The van der Waals surface area contributed by atoms with Crippen molar-refractivity contribution in [2.45, 2.75) is 25.2 Å². The molecule has 1 fully saturated rings. The SMILES string of the molecule is O=C(Nc1cn2cc(C3CCOCC3)[nH]c2cc1=O)c1cccc(C(F)F)n1. The number of alkyl halides is 2. The largest absolute Gasteiger partial charge is 0.381 e. The molecule has 3 aromatic heterocycles. The molecule has 0 spiro atoms. The number of anilines is 1. The molecule has 9 heteroatoms. The molecule has 0 aliphatic carbocycles. The van der Waals surface area contributed by atoms with Crippen molar-refractivity contribution in [2.24, 2.45) is 0 Å². The van der Waals surface area contributed by atoms with E-state index >= 15 is 0 Å². The van der Waals surface area contributed by atoms with Gasteiger partial charge in [0.15, 0.2) is 0 Å². The summed E-state index contributed by atoms with van der Waals surface area (Å²) in [7, 11) is 0. The summed E-state index contributed by atoms with van der Waals surface area (Å²) in [5, 5.41) is 2.46. The number of nitrogens with one attached hydrogen (secondary N) is 2. The summed E-state index contributed by atoms with van der Waals surface area (Å²) < 4.78 is 32.6. The van der Waals surface area contributed by atoms with E-state index in [9.17, 15) is 18.4 Å². The van der Waals surface area contributed by atoms with Crippen LogP contribution < -0.4 is 10.7 Å².